The molecule has 2 saturated heterocycles. The number of benzene rings is 1. The number of ether oxygens (including phenoxy) is 1. The fourth-order valence-electron chi connectivity index (χ4n) is 3.37. The molecule has 0 amide bonds. The summed E-state index contributed by atoms with van der Waals surface area (Å²) in [5, 5.41) is 1.19. The maximum atomic E-state index is 5.47. The minimum absolute atomic E-state index is 0.663. The first-order valence-electron chi connectivity index (χ1n) is 7.85. The van der Waals surface area contributed by atoms with Gasteiger partial charge in [0.25, 0.3) is 0 Å². The van der Waals surface area contributed by atoms with Gasteiger partial charge in [0.05, 0.1) is 23.4 Å². The molecule has 118 valence electrons. The Morgan fingerprint density at radius 1 is 1.27 bits per heavy atom. The van der Waals surface area contributed by atoms with Crippen molar-refractivity contribution in [3.05, 3.63) is 18.2 Å². The summed E-state index contributed by atoms with van der Waals surface area (Å²) in [4.78, 5) is 11.3. The van der Waals surface area contributed by atoms with E-state index in [0.717, 1.165) is 39.4 Å². The van der Waals surface area contributed by atoms with Crippen LogP contribution in [0.2, 0.25) is 0 Å². The molecule has 3 heterocycles. The van der Waals surface area contributed by atoms with Gasteiger partial charge in [-0.3, -0.25) is 4.90 Å². The predicted molar refractivity (Wildman–Crippen MR) is 94.4 cm³/mol. The van der Waals surface area contributed by atoms with E-state index < -0.39 is 0 Å². The molecule has 1 atom stereocenters. The van der Waals surface area contributed by atoms with Gasteiger partial charge < -0.3 is 9.64 Å². The van der Waals surface area contributed by atoms with E-state index in [-0.39, 0.29) is 0 Å². The van der Waals surface area contributed by atoms with Crippen LogP contribution in [0.5, 0.6) is 0 Å². The number of nitrogens with zero attached hydrogens (tertiary/aromatic N) is 3. The number of thioether (sulfide) groups is 1. The molecule has 4 nitrogen and oxygen atoms in total. The zero-order valence-electron chi connectivity index (χ0n) is 12.8. The Kier molecular flexibility index (Phi) is 4.26. The fraction of sp³-hybridized carbons (Fsp3) is 0.562. The van der Waals surface area contributed by atoms with Crippen LogP contribution in [-0.2, 0) is 4.74 Å². The Labute approximate surface area is 139 Å². The molecule has 0 aliphatic carbocycles. The number of thiazole rings is 1. The lowest BCUT2D eigenvalue weighted by Crippen LogP contribution is -2.44. The van der Waals surface area contributed by atoms with Crippen molar-refractivity contribution in [3.8, 4) is 0 Å². The Morgan fingerprint density at radius 3 is 2.95 bits per heavy atom. The number of para-hydroxylation sites is 1. The molecule has 2 fully saturated rings. The summed E-state index contributed by atoms with van der Waals surface area (Å²) < 4.78 is 6.77. The summed E-state index contributed by atoms with van der Waals surface area (Å²) in [6.45, 7) is 6.15. The molecule has 0 saturated carbocycles. The van der Waals surface area contributed by atoms with E-state index in [9.17, 15) is 0 Å². The first kappa shape index (κ1) is 14.8. The third-order valence-corrected chi connectivity index (χ3v) is 6.44. The molecule has 0 N–H and O–H groups in total. The number of morpholine rings is 1. The van der Waals surface area contributed by atoms with Crippen molar-refractivity contribution < 1.29 is 4.74 Å². The van der Waals surface area contributed by atoms with E-state index in [2.05, 4.69) is 34.3 Å². The Morgan fingerprint density at radius 2 is 2.14 bits per heavy atom. The second-order valence-electron chi connectivity index (χ2n) is 5.84. The lowest BCUT2D eigenvalue weighted by molar-refractivity contribution is 0.0209. The molecule has 0 bridgehead atoms. The maximum Gasteiger partial charge on any atom is 0.186 e. The van der Waals surface area contributed by atoms with Crippen molar-refractivity contribution in [1.29, 1.82) is 0 Å². The third kappa shape index (κ3) is 2.73. The maximum absolute atomic E-state index is 5.47. The SMILES string of the molecule is CSc1cccc2sc(N3CCC(N4CCOCC4)C3)nc12. The first-order chi connectivity index (χ1) is 10.8. The highest BCUT2D eigenvalue weighted by atomic mass is 32.2. The van der Waals surface area contributed by atoms with E-state index in [0.29, 0.717) is 6.04 Å². The monoisotopic (exact) mass is 335 g/mol. The average molecular weight is 335 g/mol. The lowest BCUT2D eigenvalue weighted by Gasteiger charge is -2.32. The van der Waals surface area contributed by atoms with Gasteiger partial charge in [-0.25, -0.2) is 4.98 Å². The Bertz CT molecular complexity index is 654. The number of hydrogen-bond acceptors (Lipinski definition) is 6. The highest BCUT2D eigenvalue weighted by molar-refractivity contribution is 7.98. The zero-order valence-corrected chi connectivity index (χ0v) is 14.5. The largest absolute Gasteiger partial charge is 0.379 e. The van der Waals surface area contributed by atoms with Crippen LogP contribution in [0.25, 0.3) is 10.2 Å². The molecule has 4 rings (SSSR count). The summed E-state index contributed by atoms with van der Waals surface area (Å²) in [6.07, 6.45) is 3.36. The smallest absolute Gasteiger partial charge is 0.186 e. The normalized spacial score (nSPS) is 23.5. The van der Waals surface area contributed by atoms with Crippen molar-refractivity contribution >= 4 is 38.4 Å². The van der Waals surface area contributed by atoms with E-state index in [4.69, 9.17) is 9.72 Å². The molecule has 0 radical (unpaired) electrons. The summed E-state index contributed by atoms with van der Waals surface area (Å²) in [5.41, 5.74) is 1.17. The lowest BCUT2D eigenvalue weighted by atomic mass is 10.2. The molecule has 6 heteroatoms. The molecular formula is C16H21N3OS2. The highest BCUT2D eigenvalue weighted by Crippen LogP contribution is 2.35. The molecule has 2 aliphatic rings. The van der Waals surface area contributed by atoms with Crippen molar-refractivity contribution in [2.24, 2.45) is 0 Å². The zero-order chi connectivity index (χ0) is 14.9. The molecule has 1 unspecified atom stereocenters. The number of aromatic nitrogens is 1. The average Bonchev–Trinajstić information content (AvgIpc) is 3.21. The number of rotatable bonds is 3. The minimum atomic E-state index is 0.663. The predicted octanol–water partition coefficient (Wildman–Crippen LogP) is 2.93. The van der Waals surface area contributed by atoms with Gasteiger partial charge in [0, 0.05) is 37.1 Å². The third-order valence-electron chi connectivity index (χ3n) is 4.59. The van der Waals surface area contributed by atoms with E-state index in [1.165, 1.54) is 26.7 Å². The summed E-state index contributed by atoms with van der Waals surface area (Å²) in [5.74, 6) is 0. The van der Waals surface area contributed by atoms with E-state index >= 15 is 0 Å². The van der Waals surface area contributed by atoms with Gasteiger partial charge in [-0.1, -0.05) is 17.4 Å². The first-order valence-corrected chi connectivity index (χ1v) is 9.89. The van der Waals surface area contributed by atoms with Gasteiger partial charge in [-0.15, -0.1) is 11.8 Å². The molecule has 2 aromatic rings. The van der Waals surface area contributed by atoms with E-state index in [1.807, 2.05) is 11.3 Å². The van der Waals surface area contributed by atoms with Gasteiger partial charge >= 0.3 is 0 Å². The number of anilines is 1. The fourth-order valence-corrected chi connectivity index (χ4v) is 5.02. The molecule has 0 spiro atoms. The van der Waals surface area contributed by atoms with Gasteiger partial charge in [0.1, 0.15) is 0 Å². The standard InChI is InChI=1S/C16H21N3OS2/c1-21-13-3-2-4-14-15(13)17-16(22-14)19-6-5-12(11-19)18-7-9-20-10-8-18/h2-4,12H,5-11H2,1H3. The number of fused-ring (bicyclic) bond motifs is 1. The topological polar surface area (TPSA) is 28.6 Å². The van der Waals surface area contributed by atoms with Crippen molar-refractivity contribution in [1.82, 2.24) is 9.88 Å². The second kappa shape index (κ2) is 6.35. The van der Waals surface area contributed by atoms with Crippen LogP contribution >= 0.6 is 23.1 Å². The van der Waals surface area contributed by atoms with Crippen LogP contribution in [0.1, 0.15) is 6.42 Å². The van der Waals surface area contributed by atoms with Crippen molar-refractivity contribution in [2.75, 3.05) is 50.5 Å². The van der Waals surface area contributed by atoms with Gasteiger partial charge in [-0.05, 0) is 24.8 Å². The van der Waals surface area contributed by atoms with Gasteiger partial charge in [0.2, 0.25) is 0 Å². The van der Waals surface area contributed by atoms with Crippen LogP contribution < -0.4 is 4.90 Å². The summed E-state index contributed by atoms with van der Waals surface area (Å²) in [6, 6.07) is 7.15. The van der Waals surface area contributed by atoms with Crippen LogP contribution in [0.15, 0.2) is 23.1 Å². The molecule has 1 aromatic carbocycles. The van der Waals surface area contributed by atoms with Crippen molar-refractivity contribution in [2.45, 2.75) is 17.4 Å². The number of hydrogen-bond donors (Lipinski definition) is 0. The molecule has 2 aliphatic heterocycles. The molecule has 22 heavy (non-hydrogen) atoms. The van der Waals surface area contributed by atoms with Gasteiger partial charge in [-0.2, -0.15) is 0 Å². The minimum Gasteiger partial charge on any atom is -0.379 e. The molecule has 1 aromatic heterocycles. The summed E-state index contributed by atoms with van der Waals surface area (Å²) >= 11 is 3.61. The second-order valence-corrected chi connectivity index (χ2v) is 7.70. The van der Waals surface area contributed by atoms with Crippen LogP contribution in [0.3, 0.4) is 0 Å². The van der Waals surface area contributed by atoms with Crippen LogP contribution in [0, 0.1) is 0 Å². The van der Waals surface area contributed by atoms with Crippen molar-refractivity contribution in [3.63, 3.8) is 0 Å². The van der Waals surface area contributed by atoms with E-state index in [1.54, 1.807) is 11.8 Å². The Hall–Kier alpha value is -0.820. The van der Waals surface area contributed by atoms with Crippen LogP contribution in [0.4, 0.5) is 5.13 Å². The summed E-state index contributed by atoms with van der Waals surface area (Å²) in [7, 11) is 0. The van der Waals surface area contributed by atoms with Gasteiger partial charge in [0.15, 0.2) is 5.13 Å². The molecular weight excluding hydrogens is 314 g/mol. The van der Waals surface area contributed by atoms with Crippen LogP contribution in [-0.4, -0.2) is 61.6 Å². The quantitative estimate of drug-likeness (QED) is 0.805. The highest BCUT2D eigenvalue weighted by Gasteiger charge is 2.30. The Balaban J connectivity index is 1.53.